The van der Waals surface area contributed by atoms with Gasteiger partial charge in [-0.2, -0.15) is 0 Å². The Morgan fingerprint density at radius 1 is 1.12 bits per heavy atom. The highest BCUT2D eigenvalue weighted by Crippen LogP contribution is 2.30. The fourth-order valence-corrected chi connectivity index (χ4v) is 2.97. The van der Waals surface area contributed by atoms with Crippen molar-refractivity contribution in [3.05, 3.63) is 46.3 Å². The van der Waals surface area contributed by atoms with E-state index in [2.05, 4.69) is 32.1 Å². The lowest BCUT2D eigenvalue weighted by Crippen LogP contribution is -2.44. The number of anilines is 2. The average molecular weight is 366 g/mol. The number of piperazine rings is 1. The van der Waals surface area contributed by atoms with Gasteiger partial charge in [0.1, 0.15) is 17.8 Å². The second kappa shape index (κ2) is 7.34. The Bertz CT molecular complexity index is 727. The first kappa shape index (κ1) is 17.0. The minimum Gasteiger partial charge on any atom is -0.354 e. The summed E-state index contributed by atoms with van der Waals surface area (Å²) in [4.78, 5) is 25.2. The molecule has 1 fully saturated rings. The number of aromatic nitrogens is 2. The van der Waals surface area contributed by atoms with Crippen LogP contribution in [0.15, 0.2) is 30.6 Å². The second-order valence-electron chi connectivity index (χ2n) is 5.60. The van der Waals surface area contributed by atoms with Crippen LogP contribution in [0, 0.1) is 0 Å². The molecule has 1 saturated heterocycles. The van der Waals surface area contributed by atoms with Crippen LogP contribution in [-0.4, -0.2) is 54.0 Å². The summed E-state index contributed by atoms with van der Waals surface area (Å²) in [6.45, 7) is 3.65. The molecule has 0 unspecified atom stereocenters. The number of nitrogens with one attached hydrogen (secondary N) is 1. The Labute approximate surface area is 150 Å². The molecule has 0 atom stereocenters. The van der Waals surface area contributed by atoms with E-state index >= 15 is 0 Å². The Hall–Kier alpha value is -1.89. The number of amides is 1. The van der Waals surface area contributed by atoms with Crippen LogP contribution < -0.4 is 10.2 Å². The van der Waals surface area contributed by atoms with Crippen molar-refractivity contribution in [1.82, 2.24) is 14.9 Å². The standard InChI is InChI=1S/C16H17Cl2N5O/c1-22-5-7-23(8-6-22)14-9-13(19-10-20-14)16(24)21-15-11(17)3-2-4-12(15)18/h2-4,9-10H,5-8H2,1H3,(H,21,24). The third-order valence-electron chi connectivity index (χ3n) is 3.91. The van der Waals surface area contributed by atoms with Crippen LogP contribution in [0.1, 0.15) is 10.5 Å². The van der Waals surface area contributed by atoms with Gasteiger partial charge in [0.05, 0.1) is 15.7 Å². The first-order chi connectivity index (χ1) is 11.5. The minimum absolute atomic E-state index is 0.273. The van der Waals surface area contributed by atoms with E-state index in [4.69, 9.17) is 23.2 Å². The maximum absolute atomic E-state index is 12.5. The molecule has 1 aromatic carbocycles. The van der Waals surface area contributed by atoms with Crippen molar-refractivity contribution < 1.29 is 4.79 Å². The van der Waals surface area contributed by atoms with Crippen molar-refractivity contribution in [2.24, 2.45) is 0 Å². The number of carbonyl (C=O) groups is 1. The molecular weight excluding hydrogens is 349 g/mol. The molecule has 1 aliphatic heterocycles. The molecule has 1 aliphatic rings. The van der Waals surface area contributed by atoms with Gasteiger partial charge in [-0.3, -0.25) is 4.79 Å². The van der Waals surface area contributed by atoms with E-state index in [0.717, 1.165) is 32.0 Å². The molecule has 8 heteroatoms. The highest BCUT2D eigenvalue weighted by Gasteiger charge is 2.18. The van der Waals surface area contributed by atoms with Gasteiger partial charge in [0.25, 0.3) is 5.91 Å². The van der Waals surface area contributed by atoms with E-state index in [1.165, 1.54) is 6.33 Å². The van der Waals surface area contributed by atoms with Gasteiger partial charge in [-0.15, -0.1) is 0 Å². The predicted octanol–water partition coefficient (Wildman–Crippen LogP) is 2.79. The van der Waals surface area contributed by atoms with Gasteiger partial charge in [-0.05, 0) is 19.2 Å². The summed E-state index contributed by atoms with van der Waals surface area (Å²) in [5, 5.41) is 3.47. The molecule has 0 saturated carbocycles. The topological polar surface area (TPSA) is 61.4 Å². The van der Waals surface area contributed by atoms with Crippen molar-refractivity contribution in [2.45, 2.75) is 0 Å². The fourth-order valence-electron chi connectivity index (χ4n) is 2.47. The number of hydrogen-bond donors (Lipinski definition) is 1. The van der Waals surface area contributed by atoms with E-state index in [9.17, 15) is 4.79 Å². The average Bonchev–Trinajstić information content (AvgIpc) is 2.59. The van der Waals surface area contributed by atoms with Gasteiger partial charge in [0.2, 0.25) is 0 Å². The smallest absolute Gasteiger partial charge is 0.274 e. The van der Waals surface area contributed by atoms with Gasteiger partial charge in [-0.1, -0.05) is 29.3 Å². The maximum Gasteiger partial charge on any atom is 0.274 e. The third kappa shape index (κ3) is 3.77. The molecule has 0 radical (unpaired) electrons. The number of likely N-dealkylation sites (N-methyl/N-ethyl adjacent to an activating group) is 1. The molecule has 1 aromatic heterocycles. The zero-order valence-corrected chi connectivity index (χ0v) is 14.7. The lowest BCUT2D eigenvalue weighted by atomic mass is 10.2. The highest BCUT2D eigenvalue weighted by molar-refractivity contribution is 6.40. The highest BCUT2D eigenvalue weighted by atomic mass is 35.5. The number of carbonyl (C=O) groups excluding carboxylic acids is 1. The summed E-state index contributed by atoms with van der Waals surface area (Å²) in [5.41, 5.74) is 0.653. The van der Waals surface area contributed by atoms with E-state index in [1.54, 1.807) is 24.3 Å². The SMILES string of the molecule is CN1CCN(c2cc(C(=O)Nc3c(Cl)cccc3Cl)ncn2)CC1. The predicted molar refractivity (Wildman–Crippen MR) is 96.2 cm³/mol. The first-order valence-electron chi connectivity index (χ1n) is 7.55. The summed E-state index contributed by atoms with van der Waals surface area (Å²) in [6.07, 6.45) is 1.40. The number of nitrogens with zero attached hydrogens (tertiary/aromatic N) is 4. The molecular formula is C16H17Cl2N5O. The van der Waals surface area contributed by atoms with Gasteiger partial charge >= 0.3 is 0 Å². The monoisotopic (exact) mass is 365 g/mol. The normalized spacial score (nSPS) is 15.4. The largest absolute Gasteiger partial charge is 0.354 e. The lowest BCUT2D eigenvalue weighted by Gasteiger charge is -2.33. The van der Waals surface area contributed by atoms with Crippen molar-refractivity contribution >= 4 is 40.6 Å². The fraction of sp³-hybridized carbons (Fsp3) is 0.312. The van der Waals surface area contributed by atoms with Gasteiger partial charge in [0, 0.05) is 32.2 Å². The summed E-state index contributed by atoms with van der Waals surface area (Å²) in [6, 6.07) is 6.74. The van der Waals surface area contributed by atoms with Crippen molar-refractivity contribution in [1.29, 1.82) is 0 Å². The molecule has 126 valence electrons. The van der Waals surface area contributed by atoms with Gasteiger partial charge < -0.3 is 15.1 Å². The van der Waals surface area contributed by atoms with E-state index in [1.807, 2.05) is 0 Å². The van der Waals surface area contributed by atoms with Crippen LogP contribution in [0.2, 0.25) is 10.0 Å². The van der Waals surface area contributed by atoms with Crippen molar-refractivity contribution in [2.75, 3.05) is 43.4 Å². The van der Waals surface area contributed by atoms with Crippen LogP contribution in [-0.2, 0) is 0 Å². The second-order valence-corrected chi connectivity index (χ2v) is 6.42. The number of halogens is 2. The summed E-state index contributed by atoms with van der Waals surface area (Å²) < 4.78 is 0. The zero-order chi connectivity index (χ0) is 17.1. The van der Waals surface area contributed by atoms with E-state index in [0.29, 0.717) is 15.7 Å². The molecule has 6 nitrogen and oxygen atoms in total. The van der Waals surface area contributed by atoms with Gasteiger partial charge in [0.15, 0.2) is 0 Å². The molecule has 1 N–H and O–H groups in total. The Morgan fingerprint density at radius 3 is 2.46 bits per heavy atom. The number of benzene rings is 1. The molecule has 2 aromatic rings. The number of rotatable bonds is 3. The van der Waals surface area contributed by atoms with E-state index < -0.39 is 0 Å². The summed E-state index contributed by atoms with van der Waals surface area (Å²) >= 11 is 12.2. The Morgan fingerprint density at radius 2 is 1.79 bits per heavy atom. The molecule has 24 heavy (non-hydrogen) atoms. The maximum atomic E-state index is 12.5. The van der Waals surface area contributed by atoms with E-state index in [-0.39, 0.29) is 11.6 Å². The van der Waals surface area contributed by atoms with Crippen LogP contribution >= 0.6 is 23.2 Å². The van der Waals surface area contributed by atoms with Crippen LogP contribution in [0.4, 0.5) is 11.5 Å². The van der Waals surface area contributed by atoms with Crippen molar-refractivity contribution in [3.63, 3.8) is 0 Å². The quantitative estimate of drug-likeness (QED) is 0.905. The lowest BCUT2D eigenvalue weighted by molar-refractivity contribution is 0.102. The first-order valence-corrected chi connectivity index (χ1v) is 8.31. The Balaban J connectivity index is 1.77. The van der Waals surface area contributed by atoms with Crippen LogP contribution in [0.25, 0.3) is 0 Å². The molecule has 3 rings (SSSR count). The molecule has 0 bridgehead atoms. The van der Waals surface area contributed by atoms with Gasteiger partial charge in [-0.25, -0.2) is 9.97 Å². The minimum atomic E-state index is -0.372. The summed E-state index contributed by atoms with van der Waals surface area (Å²) in [7, 11) is 2.09. The van der Waals surface area contributed by atoms with Crippen molar-refractivity contribution in [3.8, 4) is 0 Å². The van der Waals surface area contributed by atoms with Crippen LogP contribution in [0.5, 0.6) is 0 Å². The molecule has 0 spiro atoms. The molecule has 0 aliphatic carbocycles. The molecule has 1 amide bonds. The zero-order valence-electron chi connectivity index (χ0n) is 13.2. The Kier molecular flexibility index (Phi) is 5.18. The molecule has 2 heterocycles. The number of hydrogen-bond acceptors (Lipinski definition) is 5. The third-order valence-corrected chi connectivity index (χ3v) is 4.54. The summed E-state index contributed by atoms with van der Waals surface area (Å²) in [5.74, 6) is 0.372. The number of para-hydroxylation sites is 1. The van der Waals surface area contributed by atoms with Crippen LogP contribution in [0.3, 0.4) is 0 Å².